The summed E-state index contributed by atoms with van der Waals surface area (Å²) in [6.07, 6.45) is 5.03. The van der Waals surface area contributed by atoms with Crippen LogP contribution in [-0.2, 0) is 0 Å². The van der Waals surface area contributed by atoms with Crippen LogP contribution in [0.3, 0.4) is 0 Å². The van der Waals surface area contributed by atoms with Crippen molar-refractivity contribution >= 4 is 35.7 Å². The zero-order chi connectivity index (χ0) is 11.2. The van der Waals surface area contributed by atoms with Gasteiger partial charge in [0.2, 0.25) is 5.88 Å². The molecule has 0 radical (unpaired) electrons. The maximum absolute atomic E-state index is 5.67. The normalized spacial score (nSPS) is 9.39. The van der Waals surface area contributed by atoms with Crippen molar-refractivity contribution in [2.75, 3.05) is 6.61 Å². The number of rotatable bonds is 5. The molecule has 18 heavy (non-hydrogen) atoms. The molecule has 0 aliphatic rings. The van der Waals surface area contributed by atoms with Crippen LogP contribution >= 0.6 is 24.8 Å². The second kappa shape index (κ2) is 8.95. The van der Waals surface area contributed by atoms with Gasteiger partial charge in [0, 0.05) is 0 Å². The molecule has 0 bridgehead atoms. The van der Waals surface area contributed by atoms with Crippen molar-refractivity contribution in [3.63, 3.8) is 0 Å². The van der Waals surface area contributed by atoms with Gasteiger partial charge in [-0.3, -0.25) is 0 Å². The van der Waals surface area contributed by atoms with Crippen molar-refractivity contribution in [2.45, 2.75) is 26.2 Å². The van der Waals surface area contributed by atoms with Crippen LogP contribution in [0.2, 0.25) is 0 Å². The summed E-state index contributed by atoms with van der Waals surface area (Å²) in [5.74, 6) is 0.696. The van der Waals surface area contributed by atoms with E-state index in [2.05, 4.69) is 16.9 Å². The van der Waals surface area contributed by atoms with Crippen molar-refractivity contribution in [2.24, 2.45) is 0 Å². The van der Waals surface area contributed by atoms with E-state index in [9.17, 15) is 0 Å². The van der Waals surface area contributed by atoms with E-state index in [0.29, 0.717) is 5.88 Å². The van der Waals surface area contributed by atoms with Crippen LogP contribution in [0.1, 0.15) is 26.2 Å². The maximum atomic E-state index is 5.67. The number of unbranched alkanes of at least 4 members (excludes halogenated alkanes) is 2. The Balaban J connectivity index is 0.00000144. The summed E-state index contributed by atoms with van der Waals surface area (Å²) in [7, 11) is 0. The Hall–Kier alpha value is -1.06. The topological polar surface area (TPSA) is 35.0 Å². The molecule has 1 aromatic heterocycles. The number of benzene rings is 1. The Morgan fingerprint density at radius 3 is 2.61 bits per heavy atom. The highest BCUT2D eigenvalue weighted by Gasteiger charge is 2.02. The zero-order valence-electron chi connectivity index (χ0n) is 10.3. The highest BCUT2D eigenvalue weighted by molar-refractivity contribution is 5.85. The lowest BCUT2D eigenvalue weighted by Crippen LogP contribution is -2.00. The average molecular weight is 289 g/mol. The first-order chi connectivity index (χ1) is 7.92. The lowest BCUT2D eigenvalue weighted by molar-refractivity contribution is 0.298. The molecule has 0 saturated heterocycles. The molecule has 0 saturated carbocycles. The fraction of sp³-hybridized carbons (Fsp3) is 0.385. The van der Waals surface area contributed by atoms with Crippen molar-refractivity contribution in [1.29, 1.82) is 0 Å². The zero-order valence-corrected chi connectivity index (χ0v) is 12.0. The van der Waals surface area contributed by atoms with Crippen molar-refractivity contribution < 1.29 is 4.74 Å². The van der Waals surface area contributed by atoms with Gasteiger partial charge in [0.15, 0.2) is 0 Å². The van der Waals surface area contributed by atoms with E-state index in [1.807, 2.05) is 24.3 Å². The lowest BCUT2D eigenvalue weighted by Gasteiger charge is -2.06. The Morgan fingerprint density at radius 1 is 1.06 bits per heavy atom. The number of halogens is 2. The first-order valence-electron chi connectivity index (χ1n) is 5.74. The van der Waals surface area contributed by atoms with Crippen LogP contribution in [-0.4, -0.2) is 16.6 Å². The highest BCUT2D eigenvalue weighted by Crippen LogP contribution is 2.20. The van der Waals surface area contributed by atoms with Crippen LogP contribution in [0.15, 0.2) is 30.6 Å². The molecule has 2 rings (SSSR count). The Labute approximate surface area is 120 Å². The van der Waals surface area contributed by atoms with E-state index in [1.54, 1.807) is 6.33 Å². The van der Waals surface area contributed by atoms with Crippen LogP contribution < -0.4 is 4.74 Å². The third-order valence-corrected chi connectivity index (χ3v) is 2.49. The van der Waals surface area contributed by atoms with E-state index < -0.39 is 0 Å². The van der Waals surface area contributed by atoms with Crippen molar-refractivity contribution in [3.05, 3.63) is 30.6 Å². The van der Waals surface area contributed by atoms with Crippen LogP contribution in [0.5, 0.6) is 5.88 Å². The monoisotopic (exact) mass is 288 g/mol. The van der Waals surface area contributed by atoms with E-state index in [0.717, 1.165) is 23.9 Å². The summed E-state index contributed by atoms with van der Waals surface area (Å²) < 4.78 is 5.67. The molecule has 0 aliphatic heterocycles. The molecular formula is C13H18Cl2N2O. The van der Waals surface area contributed by atoms with Crippen molar-refractivity contribution in [1.82, 2.24) is 9.97 Å². The number of fused-ring (bicyclic) bond motifs is 1. The van der Waals surface area contributed by atoms with Crippen LogP contribution in [0.4, 0.5) is 0 Å². The van der Waals surface area contributed by atoms with Gasteiger partial charge >= 0.3 is 0 Å². The second-order valence-electron chi connectivity index (χ2n) is 3.75. The fourth-order valence-electron chi connectivity index (χ4n) is 1.62. The van der Waals surface area contributed by atoms with E-state index in [4.69, 9.17) is 4.74 Å². The third-order valence-electron chi connectivity index (χ3n) is 2.49. The summed E-state index contributed by atoms with van der Waals surface area (Å²) in [5, 5.41) is 0.987. The minimum atomic E-state index is 0. The van der Waals surface area contributed by atoms with Gasteiger partial charge in [-0.15, -0.1) is 24.8 Å². The molecule has 2 aromatic rings. The van der Waals surface area contributed by atoms with Gasteiger partial charge < -0.3 is 4.74 Å². The number of aromatic nitrogens is 2. The second-order valence-corrected chi connectivity index (χ2v) is 3.75. The number of hydrogen-bond acceptors (Lipinski definition) is 3. The smallest absolute Gasteiger partial charge is 0.224 e. The first kappa shape index (κ1) is 16.9. The molecule has 0 fully saturated rings. The number of ether oxygens (including phenoxy) is 1. The molecule has 1 heterocycles. The van der Waals surface area contributed by atoms with Gasteiger partial charge in [-0.05, 0) is 18.6 Å². The van der Waals surface area contributed by atoms with Gasteiger partial charge in [0.25, 0.3) is 0 Å². The Kier molecular flexibility index (Phi) is 8.42. The molecule has 0 N–H and O–H groups in total. The summed E-state index contributed by atoms with van der Waals surface area (Å²) in [6.45, 7) is 2.91. The standard InChI is InChI=1S/C13H16N2O.2ClH/c1-2-3-6-9-16-13-11-7-4-5-8-12(11)14-10-15-13;;/h4-5,7-8,10H,2-3,6,9H2,1H3;2*1H. The SMILES string of the molecule is CCCCCOc1ncnc2ccccc12.Cl.Cl. The number of nitrogens with zero attached hydrogens (tertiary/aromatic N) is 2. The first-order valence-corrected chi connectivity index (χ1v) is 5.74. The molecule has 0 atom stereocenters. The van der Waals surface area contributed by atoms with E-state index in [1.165, 1.54) is 12.8 Å². The average Bonchev–Trinajstić information content (AvgIpc) is 2.35. The molecule has 0 amide bonds. The van der Waals surface area contributed by atoms with Gasteiger partial charge in [0.1, 0.15) is 6.33 Å². The fourth-order valence-corrected chi connectivity index (χ4v) is 1.62. The molecule has 100 valence electrons. The van der Waals surface area contributed by atoms with Crippen molar-refractivity contribution in [3.8, 4) is 5.88 Å². The molecule has 1 aromatic carbocycles. The predicted molar refractivity (Wildman–Crippen MR) is 79.1 cm³/mol. The highest BCUT2D eigenvalue weighted by atomic mass is 35.5. The molecular weight excluding hydrogens is 271 g/mol. The quantitative estimate of drug-likeness (QED) is 0.779. The minimum Gasteiger partial charge on any atom is -0.477 e. The van der Waals surface area contributed by atoms with Gasteiger partial charge in [0.05, 0.1) is 17.5 Å². The largest absolute Gasteiger partial charge is 0.477 e. The molecule has 0 spiro atoms. The Bertz CT molecular complexity index is 460. The molecule has 0 unspecified atom stereocenters. The maximum Gasteiger partial charge on any atom is 0.224 e. The Morgan fingerprint density at radius 2 is 1.83 bits per heavy atom. The predicted octanol–water partition coefficient (Wildman–Crippen LogP) is 4.04. The van der Waals surface area contributed by atoms with E-state index in [-0.39, 0.29) is 24.8 Å². The summed E-state index contributed by atoms with van der Waals surface area (Å²) in [5.41, 5.74) is 0.933. The van der Waals surface area contributed by atoms with Gasteiger partial charge in [-0.1, -0.05) is 31.9 Å². The van der Waals surface area contributed by atoms with Crippen LogP contribution in [0.25, 0.3) is 10.9 Å². The molecule has 0 aliphatic carbocycles. The lowest BCUT2D eigenvalue weighted by atomic mass is 10.2. The number of hydrogen-bond donors (Lipinski definition) is 0. The number of para-hydroxylation sites is 1. The summed E-state index contributed by atoms with van der Waals surface area (Å²) >= 11 is 0. The van der Waals surface area contributed by atoms with Crippen LogP contribution in [0, 0.1) is 0 Å². The molecule has 3 nitrogen and oxygen atoms in total. The molecule has 5 heteroatoms. The van der Waals surface area contributed by atoms with Gasteiger partial charge in [-0.25, -0.2) is 9.97 Å². The summed E-state index contributed by atoms with van der Waals surface area (Å²) in [6, 6.07) is 7.90. The van der Waals surface area contributed by atoms with E-state index >= 15 is 0 Å². The third kappa shape index (κ3) is 4.31. The summed E-state index contributed by atoms with van der Waals surface area (Å²) in [4.78, 5) is 8.37. The van der Waals surface area contributed by atoms with Gasteiger partial charge in [-0.2, -0.15) is 0 Å². The minimum absolute atomic E-state index is 0.